The van der Waals surface area contributed by atoms with Crippen LogP contribution in [0.25, 0.3) is 10.8 Å². The Bertz CT molecular complexity index is 522. The number of rotatable bonds is 1. The Balaban J connectivity index is 2.59. The van der Waals surface area contributed by atoms with Crippen LogP contribution in [0.2, 0.25) is 0 Å². The molecule has 5 heteroatoms. The van der Waals surface area contributed by atoms with Gasteiger partial charge in [-0.25, -0.2) is 4.98 Å². The van der Waals surface area contributed by atoms with Gasteiger partial charge in [-0.15, -0.1) is 13.2 Å². The Morgan fingerprint density at radius 2 is 1.75 bits per heavy atom. The van der Waals surface area contributed by atoms with Crippen molar-refractivity contribution in [3.8, 4) is 5.88 Å². The van der Waals surface area contributed by atoms with Crippen LogP contribution in [0.15, 0.2) is 30.5 Å². The number of aryl methyl sites for hydroxylation is 1. The summed E-state index contributed by atoms with van der Waals surface area (Å²) in [4.78, 5) is 3.65. The molecule has 0 atom stereocenters. The molecule has 84 valence electrons. The van der Waals surface area contributed by atoms with Crippen LogP contribution < -0.4 is 4.74 Å². The fourth-order valence-corrected chi connectivity index (χ4v) is 1.50. The minimum absolute atomic E-state index is 0.361. The smallest absolute Gasteiger partial charge is 0.387 e. The quantitative estimate of drug-likeness (QED) is 0.744. The van der Waals surface area contributed by atoms with E-state index in [0.29, 0.717) is 10.8 Å². The Kier molecular flexibility index (Phi) is 2.46. The lowest BCUT2D eigenvalue weighted by molar-refractivity contribution is -0.275. The highest BCUT2D eigenvalue weighted by atomic mass is 19.4. The number of hydrogen-bond donors (Lipinski definition) is 0. The van der Waals surface area contributed by atoms with Crippen molar-refractivity contribution >= 4 is 10.8 Å². The molecular formula is C11H8F3NO. The lowest BCUT2D eigenvalue weighted by Crippen LogP contribution is -2.18. The van der Waals surface area contributed by atoms with Crippen LogP contribution >= 0.6 is 0 Å². The van der Waals surface area contributed by atoms with Crippen molar-refractivity contribution in [1.82, 2.24) is 4.98 Å². The molecule has 0 unspecified atom stereocenters. The molecule has 0 aliphatic heterocycles. The Morgan fingerprint density at radius 3 is 2.38 bits per heavy atom. The van der Waals surface area contributed by atoms with Crippen molar-refractivity contribution in [3.63, 3.8) is 0 Å². The highest BCUT2D eigenvalue weighted by Gasteiger charge is 2.32. The van der Waals surface area contributed by atoms with Crippen LogP contribution in [-0.4, -0.2) is 11.3 Å². The molecule has 2 aromatic rings. The molecule has 0 amide bonds. The molecule has 2 rings (SSSR count). The third-order valence-electron chi connectivity index (χ3n) is 2.17. The van der Waals surface area contributed by atoms with E-state index in [9.17, 15) is 13.2 Å². The van der Waals surface area contributed by atoms with Gasteiger partial charge in [0, 0.05) is 11.6 Å². The monoisotopic (exact) mass is 227 g/mol. The normalized spacial score (nSPS) is 11.8. The zero-order valence-corrected chi connectivity index (χ0v) is 8.38. The van der Waals surface area contributed by atoms with Gasteiger partial charge in [-0.05, 0) is 23.9 Å². The Hall–Kier alpha value is -1.78. The summed E-state index contributed by atoms with van der Waals surface area (Å²) in [5.74, 6) is -0.409. The second-order valence-corrected chi connectivity index (χ2v) is 3.34. The van der Waals surface area contributed by atoms with Crippen LogP contribution in [0.1, 0.15) is 5.56 Å². The molecule has 1 aromatic carbocycles. The maximum atomic E-state index is 12.1. The van der Waals surface area contributed by atoms with Crippen molar-refractivity contribution in [3.05, 3.63) is 36.0 Å². The number of benzene rings is 1. The first-order chi connectivity index (χ1) is 7.47. The molecule has 0 saturated carbocycles. The second-order valence-electron chi connectivity index (χ2n) is 3.34. The summed E-state index contributed by atoms with van der Waals surface area (Å²) < 4.78 is 40.2. The second kappa shape index (κ2) is 3.66. The fourth-order valence-electron chi connectivity index (χ4n) is 1.50. The molecule has 0 spiro atoms. The zero-order valence-electron chi connectivity index (χ0n) is 8.38. The molecule has 0 N–H and O–H groups in total. The largest absolute Gasteiger partial charge is 0.574 e. The van der Waals surface area contributed by atoms with Gasteiger partial charge in [0.05, 0.1) is 0 Å². The summed E-state index contributed by atoms with van der Waals surface area (Å²) in [6.45, 7) is 1.78. The summed E-state index contributed by atoms with van der Waals surface area (Å²) in [5, 5.41) is 1.07. The minimum Gasteiger partial charge on any atom is -0.387 e. The van der Waals surface area contributed by atoms with E-state index >= 15 is 0 Å². The first kappa shape index (κ1) is 10.7. The van der Waals surface area contributed by atoms with Crippen LogP contribution in [0.5, 0.6) is 5.88 Å². The van der Waals surface area contributed by atoms with Crippen LogP contribution in [0, 0.1) is 6.92 Å². The average molecular weight is 227 g/mol. The van der Waals surface area contributed by atoms with E-state index in [1.54, 1.807) is 31.2 Å². The van der Waals surface area contributed by atoms with Crippen molar-refractivity contribution in [1.29, 1.82) is 0 Å². The molecule has 0 fully saturated rings. The van der Waals surface area contributed by atoms with Crippen molar-refractivity contribution in [2.24, 2.45) is 0 Å². The molecular weight excluding hydrogens is 219 g/mol. The third kappa shape index (κ3) is 2.08. The molecule has 1 heterocycles. The topological polar surface area (TPSA) is 22.1 Å². The summed E-state index contributed by atoms with van der Waals surface area (Å²) in [7, 11) is 0. The number of hydrogen-bond acceptors (Lipinski definition) is 2. The van der Waals surface area contributed by atoms with Gasteiger partial charge in [0.2, 0.25) is 5.88 Å². The molecule has 2 nitrogen and oxygen atoms in total. The highest BCUT2D eigenvalue weighted by molar-refractivity contribution is 5.89. The molecule has 0 aliphatic rings. The van der Waals surface area contributed by atoms with Gasteiger partial charge in [0.25, 0.3) is 0 Å². The van der Waals surface area contributed by atoms with Gasteiger partial charge < -0.3 is 4.74 Å². The number of nitrogens with zero attached hydrogens (tertiary/aromatic N) is 1. The van der Waals surface area contributed by atoms with E-state index in [1.165, 1.54) is 6.20 Å². The summed E-state index contributed by atoms with van der Waals surface area (Å²) in [6, 6.07) is 6.69. The Labute approximate surface area is 89.7 Å². The molecule has 0 bridgehead atoms. The van der Waals surface area contributed by atoms with Gasteiger partial charge in [0.1, 0.15) is 0 Å². The average Bonchev–Trinajstić information content (AvgIpc) is 2.21. The number of halogens is 3. The molecule has 0 saturated heterocycles. The summed E-state index contributed by atoms with van der Waals surface area (Å²) >= 11 is 0. The van der Waals surface area contributed by atoms with Gasteiger partial charge in [-0.1, -0.05) is 18.2 Å². The Morgan fingerprint density at radius 1 is 1.12 bits per heavy atom. The maximum absolute atomic E-state index is 12.1. The van der Waals surface area contributed by atoms with E-state index in [1.807, 2.05) is 0 Å². The number of aromatic nitrogens is 1. The summed E-state index contributed by atoms with van der Waals surface area (Å²) in [6.07, 6.45) is -3.35. The van der Waals surface area contributed by atoms with Crippen molar-refractivity contribution in [2.75, 3.05) is 0 Å². The third-order valence-corrected chi connectivity index (χ3v) is 2.17. The maximum Gasteiger partial charge on any atom is 0.574 e. The minimum atomic E-state index is -4.72. The van der Waals surface area contributed by atoms with Crippen molar-refractivity contribution < 1.29 is 17.9 Å². The van der Waals surface area contributed by atoms with Crippen LogP contribution in [-0.2, 0) is 0 Å². The SMILES string of the molecule is Cc1cnc(OC(F)(F)F)c2ccccc12. The number of fused-ring (bicyclic) bond motifs is 1. The standard InChI is InChI=1S/C11H8F3NO/c1-7-6-15-10(16-11(12,13)14)9-5-3-2-4-8(7)9/h2-6H,1H3. The lowest BCUT2D eigenvalue weighted by atomic mass is 10.1. The van der Waals surface area contributed by atoms with E-state index in [2.05, 4.69) is 9.72 Å². The predicted molar refractivity (Wildman–Crippen MR) is 53.2 cm³/mol. The molecule has 0 aliphatic carbocycles. The van der Waals surface area contributed by atoms with E-state index in [-0.39, 0.29) is 0 Å². The van der Waals surface area contributed by atoms with Gasteiger partial charge in [0.15, 0.2) is 0 Å². The lowest BCUT2D eigenvalue weighted by Gasteiger charge is -2.11. The highest BCUT2D eigenvalue weighted by Crippen LogP contribution is 2.29. The molecule has 16 heavy (non-hydrogen) atoms. The first-order valence-corrected chi connectivity index (χ1v) is 4.57. The zero-order chi connectivity index (χ0) is 11.8. The van der Waals surface area contributed by atoms with Crippen LogP contribution in [0.3, 0.4) is 0 Å². The van der Waals surface area contributed by atoms with E-state index in [4.69, 9.17) is 0 Å². The van der Waals surface area contributed by atoms with E-state index in [0.717, 1.165) is 5.56 Å². The predicted octanol–water partition coefficient (Wildman–Crippen LogP) is 3.44. The summed E-state index contributed by atoms with van der Waals surface area (Å²) in [5.41, 5.74) is 0.810. The number of alkyl halides is 3. The van der Waals surface area contributed by atoms with Gasteiger partial charge in [-0.2, -0.15) is 0 Å². The fraction of sp³-hybridized carbons (Fsp3) is 0.182. The first-order valence-electron chi connectivity index (χ1n) is 4.57. The van der Waals surface area contributed by atoms with Crippen LogP contribution in [0.4, 0.5) is 13.2 Å². The number of ether oxygens (including phenoxy) is 1. The van der Waals surface area contributed by atoms with E-state index < -0.39 is 12.2 Å². The van der Waals surface area contributed by atoms with Gasteiger partial charge in [-0.3, -0.25) is 0 Å². The van der Waals surface area contributed by atoms with Crippen molar-refractivity contribution in [2.45, 2.75) is 13.3 Å². The molecule has 1 aromatic heterocycles. The number of pyridine rings is 1. The molecule has 0 radical (unpaired) electrons. The van der Waals surface area contributed by atoms with Gasteiger partial charge >= 0.3 is 6.36 Å².